The molecule has 0 saturated carbocycles. The van der Waals surface area contributed by atoms with Gasteiger partial charge in [0.15, 0.2) is 0 Å². The number of anilines is 1. The van der Waals surface area contributed by atoms with E-state index in [4.69, 9.17) is 9.47 Å². The van der Waals surface area contributed by atoms with Crippen LogP contribution in [0.15, 0.2) is 36.0 Å². The average molecular weight is 479 g/mol. The molecule has 1 atom stereocenters. The van der Waals surface area contributed by atoms with Crippen molar-refractivity contribution < 1.29 is 14.3 Å². The molecule has 1 aromatic rings. The molecule has 1 amide bonds. The number of ether oxygens (including phenoxy) is 2. The summed E-state index contributed by atoms with van der Waals surface area (Å²) in [6.07, 6.45) is 8.93. The van der Waals surface area contributed by atoms with Crippen molar-refractivity contribution in [3.63, 3.8) is 0 Å². The van der Waals surface area contributed by atoms with Gasteiger partial charge in [0, 0.05) is 50.2 Å². The number of nitriles is 1. The van der Waals surface area contributed by atoms with E-state index in [-0.39, 0.29) is 17.4 Å². The van der Waals surface area contributed by atoms with Crippen molar-refractivity contribution in [2.45, 2.75) is 51.5 Å². The highest BCUT2D eigenvalue weighted by Crippen LogP contribution is 2.42. The lowest BCUT2D eigenvalue weighted by Gasteiger charge is -2.39. The summed E-state index contributed by atoms with van der Waals surface area (Å²) < 4.78 is 11.0. The van der Waals surface area contributed by atoms with Crippen LogP contribution in [0.5, 0.6) is 0 Å². The summed E-state index contributed by atoms with van der Waals surface area (Å²) in [6.45, 7) is 7.93. The molecule has 1 fully saturated rings. The van der Waals surface area contributed by atoms with Crippen LogP contribution in [0.2, 0.25) is 0 Å². The quantitative estimate of drug-likeness (QED) is 0.487. The van der Waals surface area contributed by atoms with Gasteiger partial charge in [0.05, 0.1) is 24.3 Å². The zero-order chi connectivity index (χ0) is 24.9. The highest BCUT2D eigenvalue weighted by Gasteiger charge is 2.35. The number of rotatable bonds is 8. The van der Waals surface area contributed by atoms with E-state index in [2.05, 4.69) is 54.1 Å². The Morgan fingerprint density at radius 2 is 2.09 bits per heavy atom. The van der Waals surface area contributed by atoms with Crippen LogP contribution < -0.4 is 16.0 Å². The first kappa shape index (κ1) is 25.4. The first-order chi connectivity index (χ1) is 16.9. The summed E-state index contributed by atoms with van der Waals surface area (Å²) in [7, 11) is 1.72. The van der Waals surface area contributed by atoms with Crippen molar-refractivity contribution in [1.82, 2.24) is 10.6 Å². The second-order valence-electron chi connectivity index (χ2n) is 10.6. The lowest BCUT2D eigenvalue weighted by Crippen LogP contribution is -2.48. The monoisotopic (exact) mass is 478 g/mol. The molecule has 188 valence electrons. The molecule has 3 N–H and O–H groups in total. The molecule has 0 spiro atoms. The minimum Gasteiger partial charge on any atom is -0.383 e. The standard InChI is InChI=1S/C28H38N4O3/c1-27(2)8-6-21(7-9-27)23-17-22(28(31-12-15-34-3)10-13-35-14-11-28)4-5-24(23)32-26(33)25-16-20(18-29)19-30-25/h4-6,16-17,20,30-31H,7-15,19H2,1-3H3,(H,32,33). The van der Waals surface area contributed by atoms with Crippen LogP contribution in [0.1, 0.15) is 57.1 Å². The summed E-state index contributed by atoms with van der Waals surface area (Å²) in [6, 6.07) is 8.63. The summed E-state index contributed by atoms with van der Waals surface area (Å²) in [5.41, 5.74) is 4.97. The van der Waals surface area contributed by atoms with E-state index in [0.717, 1.165) is 49.9 Å². The SMILES string of the molecule is COCCNC1(c2ccc(NC(=O)C3=CC(C#N)CN3)c(C3=CCC(C)(C)CC3)c2)CCOCC1. The first-order valence-corrected chi connectivity index (χ1v) is 12.7. The predicted octanol–water partition coefficient (Wildman–Crippen LogP) is 4.09. The Kier molecular flexibility index (Phi) is 7.95. The zero-order valence-corrected chi connectivity index (χ0v) is 21.2. The Balaban J connectivity index is 1.68. The van der Waals surface area contributed by atoms with Gasteiger partial charge >= 0.3 is 0 Å². The number of nitrogens with zero attached hydrogens (tertiary/aromatic N) is 1. The minimum absolute atomic E-state index is 0.182. The predicted molar refractivity (Wildman–Crippen MR) is 137 cm³/mol. The van der Waals surface area contributed by atoms with Gasteiger partial charge in [0.2, 0.25) is 0 Å². The van der Waals surface area contributed by atoms with E-state index in [9.17, 15) is 10.1 Å². The van der Waals surface area contributed by atoms with Gasteiger partial charge in [-0.1, -0.05) is 26.0 Å². The van der Waals surface area contributed by atoms with Crippen LogP contribution in [0, 0.1) is 22.7 Å². The Labute approximate surface area is 208 Å². The van der Waals surface area contributed by atoms with Gasteiger partial charge in [-0.3, -0.25) is 4.79 Å². The number of allylic oxidation sites excluding steroid dienone is 2. The number of carbonyl (C=O) groups excluding carboxylic acids is 1. The Hall–Kier alpha value is -2.66. The van der Waals surface area contributed by atoms with Gasteiger partial charge in [-0.25, -0.2) is 0 Å². The average Bonchev–Trinajstić information content (AvgIpc) is 3.35. The van der Waals surface area contributed by atoms with Crippen molar-refractivity contribution in [2.75, 3.05) is 45.3 Å². The normalized spacial score (nSPS) is 23.0. The molecule has 1 aromatic carbocycles. The van der Waals surface area contributed by atoms with Crippen molar-refractivity contribution in [2.24, 2.45) is 11.3 Å². The fourth-order valence-corrected chi connectivity index (χ4v) is 5.19. The van der Waals surface area contributed by atoms with Crippen LogP contribution in [0.4, 0.5) is 5.69 Å². The Bertz CT molecular complexity index is 1030. The first-order valence-electron chi connectivity index (χ1n) is 12.7. The lowest BCUT2D eigenvalue weighted by atomic mass is 9.75. The van der Waals surface area contributed by atoms with Gasteiger partial charge < -0.3 is 25.4 Å². The molecular weight excluding hydrogens is 440 g/mol. The van der Waals surface area contributed by atoms with Crippen LogP contribution in [0.3, 0.4) is 0 Å². The summed E-state index contributed by atoms with van der Waals surface area (Å²) >= 11 is 0. The highest BCUT2D eigenvalue weighted by molar-refractivity contribution is 6.05. The van der Waals surface area contributed by atoms with Crippen LogP contribution in [-0.4, -0.2) is 45.9 Å². The molecule has 0 radical (unpaired) electrons. The molecule has 0 bridgehead atoms. The molecule has 4 rings (SSSR count). The molecule has 1 unspecified atom stereocenters. The van der Waals surface area contributed by atoms with Crippen LogP contribution >= 0.6 is 0 Å². The van der Waals surface area contributed by atoms with Gasteiger partial charge in [-0.05, 0) is 66.9 Å². The molecule has 3 aliphatic rings. The molecule has 1 aliphatic carbocycles. The van der Waals surface area contributed by atoms with Crippen LogP contribution in [0.25, 0.3) is 5.57 Å². The maximum Gasteiger partial charge on any atom is 0.271 e. The molecule has 35 heavy (non-hydrogen) atoms. The highest BCUT2D eigenvalue weighted by atomic mass is 16.5. The number of amides is 1. The fraction of sp³-hybridized carbons (Fsp3) is 0.571. The van der Waals surface area contributed by atoms with Gasteiger partial charge in [0.25, 0.3) is 5.91 Å². The van der Waals surface area contributed by atoms with Crippen molar-refractivity contribution in [3.8, 4) is 6.07 Å². The van der Waals surface area contributed by atoms with Crippen molar-refractivity contribution in [1.29, 1.82) is 5.26 Å². The lowest BCUT2D eigenvalue weighted by molar-refractivity contribution is -0.113. The molecule has 0 aromatic heterocycles. The Morgan fingerprint density at radius 1 is 1.29 bits per heavy atom. The topological polar surface area (TPSA) is 95.4 Å². The van der Waals surface area contributed by atoms with E-state index >= 15 is 0 Å². The second-order valence-corrected chi connectivity index (χ2v) is 10.6. The third-order valence-electron chi connectivity index (χ3n) is 7.55. The number of nitrogens with one attached hydrogen (secondary N) is 3. The summed E-state index contributed by atoms with van der Waals surface area (Å²) in [5.74, 6) is -0.472. The second kappa shape index (κ2) is 10.9. The van der Waals surface area contributed by atoms with E-state index in [1.807, 2.05) is 6.07 Å². The number of benzene rings is 1. The maximum absolute atomic E-state index is 13.0. The third-order valence-corrected chi connectivity index (χ3v) is 7.55. The molecule has 2 aliphatic heterocycles. The van der Waals surface area contributed by atoms with E-state index in [0.29, 0.717) is 37.5 Å². The molecule has 7 nitrogen and oxygen atoms in total. The zero-order valence-electron chi connectivity index (χ0n) is 21.2. The smallest absolute Gasteiger partial charge is 0.271 e. The fourth-order valence-electron chi connectivity index (χ4n) is 5.19. The molecule has 7 heteroatoms. The van der Waals surface area contributed by atoms with Gasteiger partial charge in [-0.2, -0.15) is 5.26 Å². The van der Waals surface area contributed by atoms with Gasteiger partial charge in [-0.15, -0.1) is 0 Å². The number of methoxy groups -OCH3 is 1. The minimum atomic E-state index is -0.271. The van der Waals surface area contributed by atoms with Crippen molar-refractivity contribution in [3.05, 3.63) is 47.2 Å². The number of hydrogen-bond donors (Lipinski definition) is 3. The van der Waals surface area contributed by atoms with Gasteiger partial charge in [0.1, 0.15) is 0 Å². The van der Waals surface area contributed by atoms with Crippen LogP contribution in [-0.2, 0) is 19.8 Å². The summed E-state index contributed by atoms with van der Waals surface area (Å²) in [4.78, 5) is 13.0. The number of hydrogen-bond acceptors (Lipinski definition) is 6. The largest absolute Gasteiger partial charge is 0.383 e. The van der Waals surface area contributed by atoms with Crippen molar-refractivity contribution >= 4 is 17.2 Å². The van der Waals surface area contributed by atoms with E-state index < -0.39 is 0 Å². The van der Waals surface area contributed by atoms with E-state index in [1.165, 1.54) is 11.1 Å². The van der Waals surface area contributed by atoms with E-state index in [1.54, 1.807) is 13.2 Å². The molecular formula is C28H38N4O3. The molecule has 1 saturated heterocycles. The summed E-state index contributed by atoms with van der Waals surface area (Å²) in [5, 5.41) is 19.1. The Morgan fingerprint density at radius 3 is 2.74 bits per heavy atom. The number of carbonyl (C=O) groups is 1. The molecule has 2 heterocycles. The maximum atomic E-state index is 13.0. The third kappa shape index (κ3) is 5.95.